The molecule has 160 valence electrons. The number of carbonyl (C=O) groups is 2. The molecule has 2 aromatic carbocycles. The van der Waals surface area contributed by atoms with E-state index in [0.29, 0.717) is 15.6 Å². The Balaban J connectivity index is 2.10. The van der Waals surface area contributed by atoms with E-state index < -0.39 is 18.5 Å². The summed E-state index contributed by atoms with van der Waals surface area (Å²) in [5, 5.41) is 12.4. The van der Waals surface area contributed by atoms with Gasteiger partial charge in [-0.15, -0.1) is 6.58 Å². The summed E-state index contributed by atoms with van der Waals surface area (Å²) < 4.78 is 15.9. The number of benzene rings is 2. The fourth-order valence-corrected chi connectivity index (χ4v) is 2.64. The Labute approximate surface area is 189 Å². The van der Waals surface area contributed by atoms with Crippen LogP contribution in [-0.2, 0) is 9.59 Å². The van der Waals surface area contributed by atoms with Crippen molar-refractivity contribution in [2.24, 2.45) is 0 Å². The minimum Gasteiger partial charge on any atom is -0.493 e. The van der Waals surface area contributed by atoms with Crippen molar-refractivity contribution in [2.75, 3.05) is 20.3 Å². The molecule has 0 saturated carbocycles. The van der Waals surface area contributed by atoms with E-state index in [0.717, 1.165) is 0 Å². The lowest BCUT2D eigenvalue weighted by Crippen LogP contribution is -2.24. The molecule has 0 aliphatic heterocycles. The molecular formula is C22H18Cl2N2O5. The van der Waals surface area contributed by atoms with Crippen LogP contribution in [0.25, 0.3) is 6.08 Å². The van der Waals surface area contributed by atoms with E-state index in [-0.39, 0.29) is 29.4 Å². The lowest BCUT2D eigenvalue weighted by atomic mass is 10.1. The SMILES string of the molecule is C=CCNC(=O)C(C#N)=Cc1ccc(OC(=O)COc2cc(Cl)ccc2Cl)c(OC)c1. The summed E-state index contributed by atoms with van der Waals surface area (Å²) in [6.07, 6.45) is 2.89. The second-order valence-electron chi connectivity index (χ2n) is 5.92. The molecule has 2 rings (SSSR count). The molecule has 7 nitrogen and oxygen atoms in total. The maximum absolute atomic E-state index is 12.2. The maximum atomic E-state index is 12.2. The van der Waals surface area contributed by atoms with Crippen LogP contribution in [0.5, 0.6) is 17.2 Å². The molecular weight excluding hydrogens is 443 g/mol. The fourth-order valence-electron chi connectivity index (χ4n) is 2.31. The standard InChI is InChI=1S/C22H18Cl2N2O5/c1-3-8-26-22(28)15(12-25)9-14-4-7-18(20(10-14)29-2)31-21(27)13-30-19-11-16(23)5-6-17(19)24/h3-7,9-11H,1,8,13H2,2H3,(H,26,28). The van der Waals surface area contributed by atoms with Gasteiger partial charge in [-0.3, -0.25) is 4.79 Å². The third-order valence-electron chi connectivity index (χ3n) is 3.73. The zero-order valence-electron chi connectivity index (χ0n) is 16.5. The Morgan fingerprint density at radius 2 is 1.94 bits per heavy atom. The first kappa shape index (κ1) is 23.8. The lowest BCUT2D eigenvalue weighted by molar-refractivity contribution is -0.136. The van der Waals surface area contributed by atoms with Gasteiger partial charge in [0.25, 0.3) is 5.91 Å². The van der Waals surface area contributed by atoms with Crippen LogP contribution in [-0.4, -0.2) is 32.1 Å². The fraction of sp³-hybridized carbons (Fsp3) is 0.136. The van der Waals surface area contributed by atoms with Crippen molar-refractivity contribution >= 4 is 41.2 Å². The predicted molar refractivity (Wildman–Crippen MR) is 117 cm³/mol. The molecule has 9 heteroatoms. The minimum absolute atomic E-state index is 0.0968. The van der Waals surface area contributed by atoms with Crippen LogP contribution < -0.4 is 19.5 Å². The predicted octanol–water partition coefficient (Wildman–Crippen LogP) is 4.20. The van der Waals surface area contributed by atoms with Gasteiger partial charge in [0, 0.05) is 17.6 Å². The first-order valence-electron chi connectivity index (χ1n) is 8.85. The van der Waals surface area contributed by atoms with Gasteiger partial charge in [0.05, 0.1) is 12.1 Å². The van der Waals surface area contributed by atoms with E-state index in [1.54, 1.807) is 18.2 Å². The Kier molecular flexibility index (Phi) is 8.94. The summed E-state index contributed by atoms with van der Waals surface area (Å²) in [5.74, 6) is -0.614. The molecule has 0 aliphatic rings. The van der Waals surface area contributed by atoms with Crippen molar-refractivity contribution in [1.29, 1.82) is 5.26 Å². The third-order valence-corrected chi connectivity index (χ3v) is 4.28. The highest BCUT2D eigenvalue weighted by atomic mass is 35.5. The smallest absolute Gasteiger partial charge is 0.349 e. The molecule has 0 atom stereocenters. The summed E-state index contributed by atoms with van der Waals surface area (Å²) in [4.78, 5) is 24.1. The summed E-state index contributed by atoms with van der Waals surface area (Å²) in [5.41, 5.74) is 0.407. The molecule has 0 aliphatic carbocycles. The first-order valence-corrected chi connectivity index (χ1v) is 9.61. The summed E-state index contributed by atoms with van der Waals surface area (Å²) in [7, 11) is 1.39. The van der Waals surface area contributed by atoms with Crippen molar-refractivity contribution in [2.45, 2.75) is 0 Å². The average molecular weight is 461 g/mol. The van der Waals surface area contributed by atoms with E-state index in [4.69, 9.17) is 37.4 Å². The normalized spacial score (nSPS) is 10.6. The van der Waals surface area contributed by atoms with Crippen LogP contribution in [0.15, 0.2) is 54.6 Å². The highest BCUT2D eigenvalue weighted by Gasteiger charge is 2.14. The molecule has 0 saturated heterocycles. The number of halogens is 2. The van der Waals surface area contributed by atoms with Gasteiger partial charge in [-0.25, -0.2) is 4.79 Å². The van der Waals surface area contributed by atoms with E-state index in [9.17, 15) is 14.9 Å². The van der Waals surface area contributed by atoms with Crippen LogP contribution >= 0.6 is 23.2 Å². The van der Waals surface area contributed by atoms with Crippen LogP contribution in [0, 0.1) is 11.3 Å². The van der Waals surface area contributed by atoms with Crippen LogP contribution in [0.1, 0.15) is 5.56 Å². The van der Waals surface area contributed by atoms with E-state index in [1.807, 2.05) is 6.07 Å². The van der Waals surface area contributed by atoms with E-state index >= 15 is 0 Å². The van der Waals surface area contributed by atoms with Crippen molar-refractivity contribution < 1.29 is 23.8 Å². The molecule has 2 aromatic rings. The number of rotatable bonds is 9. The second kappa shape index (κ2) is 11.6. The van der Waals surface area contributed by atoms with Gasteiger partial charge in [-0.2, -0.15) is 5.26 Å². The van der Waals surface area contributed by atoms with Crippen molar-refractivity contribution in [3.05, 3.63) is 70.2 Å². The zero-order chi connectivity index (χ0) is 22.8. The van der Waals surface area contributed by atoms with Gasteiger partial charge in [0.15, 0.2) is 18.1 Å². The van der Waals surface area contributed by atoms with E-state index in [2.05, 4.69) is 11.9 Å². The number of methoxy groups -OCH3 is 1. The summed E-state index contributed by atoms with van der Waals surface area (Å²) in [6.45, 7) is 3.32. The Morgan fingerprint density at radius 1 is 1.16 bits per heavy atom. The molecule has 0 unspecified atom stereocenters. The number of nitrogens with one attached hydrogen (secondary N) is 1. The molecule has 0 aromatic heterocycles. The number of hydrogen-bond donors (Lipinski definition) is 1. The Bertz CT molecular complexity index is 1060. The number of carbonyl (C=O) groups excluding carboxylic acids is 2. The number of hydrogen-bond acceptors (Lipinski definition) is 6. The van der Waals surface area contributed by atoms with Gasteiger partial charge in [-0.1, -0.05) is 35.3 Å². The first-order chi connectivity index (χ1) is 14.9. The number of nitrogens with zero attached hydrogens (tertiary/aromatic N) is 1. The summed E-state index contributed by atoms with van der Waals surface area (Å²) in [6, 6.07) is 11.0. The number of ether oxygens (including phenoxy) is 3. The lowest BCUT2D eigenvalue weighted by Gasteiger charge is -2.11. The minimum atomic E-state index is -0.695. The van der Waals surface area contributed by atoms with Crippen molar-refractivity contribution in [3.63, 3.8) is 0 Å². The zero-order valence-corrected chi connectivity index (χ0v) is 18.0. The topological polar surface area (TPSA) is 97.7 Å². The van der Waals surface area contributed by atoms with Crippen molar-refractivity contribution in [3.8, 4) is 23.3 Å². The van der Waals surface area contributed by atoms with Crippen LogP contribution in [0.2, 0.25) is 10.0 Å². The molecule has 0 spiro atoms. The van der Waals surface area contributed by atoms with Gasteiger partial charge in [0.1, 0.15) is 17.4 Å². The monoisotopic (exact) mass is 460 g/mol. The molecule has 1 amide bonds. The second-order valence-corrected chi connectivity index (χ2v) is 6.76. The highest BCUT2D eigenvalue weighted by Crippen LogP contribution is 2.30. The van der Waals surface area contributed by atoms with E-state index in [1.165, 1.54) is 37.5 Å². The third kappa shape index (κ3) is 7.07. The van der Waals surface area contributed by atoms with Gasteiger partial charge in [-0.05, 0) is 35.9 Å². The molecule has 31 heavy (non-hydrogen) atoms. The van der Waals surface area contributed by atoms with Crippen molar-refractivity contribution in [1.82, 2.24) is 5.32 Å². The Hall–Kier alpha value is -3.47. The molecule has 0 heterocycles. The molecule has 0 bridgehead atoms. The average Bonchev–Trinajstić information content (AvgIpc) is 2.77. The van der Waals surface area contributed by atoms with Gasteiger partial charge < -0.3 is 19.5 Å². The number of esters is 1. The largest absolute Gasteiger partial charge is 0.493 e. The molecule has 0 fully saturated rings. The molecule has 1 N–H and O–H groups in total. The summed E-state index contributed by atoms with van der Waals surface area (Å²) >= 11 is 11.9. The maximum Gasteiger partial charge on any atom is 0.349 e. The number of nitriles is 1. The highest BCUT2D eigenvalue weighted by molar-refractivity contribution is 6.34. The van der Waals surface area contributed by atoms with Gasteiger partial charge >= 0.3 is 5.97 Å². The molecule has 0 radical (unpaired) electrons. The quantitative estimate of drug-likeness (QED) is 0.198. The Morgan fingerprint density at radius 3 is 2.61 bits per heavy atom. The number of amides is 1. The van der Waals surface area contributed by atoms with Gasteiger partial charge in [0.2, 0.25) is 0 Å². The van der Waals surface area contributed by atoms with Crippen LogP contribution in [0.3, 0.4) is 0 Å². The van der Waals surface area contributed by atoms with Crippen LogP contribution in [0.4, 0.5) is 0 Å².